The fraction of sp³-hybridized carbons (Fsp3) is 0. The van der Waals surface area contributed by atoms with Crippen molar-refractivity contribution in [1.82, 2.24) is 10.1 Å². The van der Waals surface area contributed by atoms with Crippen LogP contribution in [-0.4, -0.2) is 15.2 Å². The summed E-state index contributed by atoms with van der Waals surface area (Å²) in [6, 6.07) is 8.46. The highest BCUT2D eigenvalue weighted by atomic mass is 79.9. The van der Waals surface area contributed by atoms with Crippen LogP contribution in [0.4, 0.5) is 0 Å². The lowest BCUT2D eigenvalue weighted by Gasteiger charge is -1.98. The number of phenolic OH excluding ortho intramolecular Hbond substituents is 1. The van der Waals surface area contributed by atoms with Crippen molar-refractivity contribution >= 4 is 38.9 Å². The molecule has 2 heterocycles. The minimum Gasteiger partial charge on any atom is -0.507 e. The van der Waals surface area contributed by atoms with Crippen LogP contribution in [0.2, 0.25) is 5.02 Å². The molecule has 1 N–H and O–H groups in total. The average molecular weight is 358 g/mol. The van der Waals surface area contributed by atoms with Crippen molar-refractivity contribution in [3.05, 3.63) is 39.1 Å². The Morgan fingerprint density at radius 2 is 2.11 bits per heavy atom. The Kier molecular flexibility index (Phi) is 3.30. The molecular weight excluding hydrogens is 352 g/mol. The second-order valence-electron chi connectivity index (χ2n) is 3.69. The lowest BCUT2D eigenvalue weighted by atomic mass is 10.2. The first-order valence-electron chi connectivity index (χ1n) is 5.22. The lowest BCUT2D eigenvalue weighted by Crippen LogP contribution is -1.80. The fourth-order valence-corrected chi connectivity index (χ4v) is 3.03. The van der Waals surface area contributed by atoms with E-state index in [0.29, 0.717) is 16.4 Å². The Balaban J connectivity index is 2.03. The highest BCUT2D eigenvalue weighted by molar-refractivity contribution is 9.11. The molecule has 0 aliphatic heterocycles. The van der Waals surface area contributed by atoms with Crippen LogP contribution in [0, 0.1) is 0 Å². The van der Waals surface area contributed by atoms with Crippen molar-refractivity contribution < 1.29 is 9.63 Å². The number of hydrogen-bond donors (Lipinski definition) is 1. The van der Waals surface area contributed by atoms with Crippen molar-refractivity contribution in [2.75, 3.05) is 0 Å². The number of rotatable bonds is 2. The van der Waals surface area contributed by atoms with Crippen LogP contribution in [0.5, 0.6) is 5.75 Å². The van der Waals surface area contributed by atoms with Crippen LogP contribution < -0.4 is 0 Å². The van der Waals surface area contributed by atoms with E-state index in [-0.39, 0.29) is 11.6 Å². The number of aromatic nitrogens is 2. The van der Waals surface area contributed by atoms with Gasteiger partial charge in [-0.3, -0.25) is 0 Å². The number of aromatic hydroxyl groups is 1. The molecule has 0 fully saturated rings. The molecule has 4 nitrogen and oxygen atoms in total. The molecule has 0 saturated heterocycles. The zero-order valence-corrected chi connectivity index (χ0v) is 12.5. The second-order valence-corrected chi connectivity index (χ2v) is 6.59. The van der Waals surface area contributed by atoms with Gasteiger partial charge in [-0.1, -0.05) is 16.8 Å². The SMILES string of the molecule is Oc1ccc(Cl)cc1-c1nc(-c2ccc(Br)s2)no1. The van der Waals surface area contributed by atoms with Crippen molar-refractivity contribution in [3.63, 3.8) is 0 Å². The Labute approximate surface area is 125 Å². The molecule has 96 valence electrons. The molecule has 0 saturated carbocycles. The van der Waals surface area contributed by atoms with Gasteiger partial charge in [0.05, 0.1) is 14.2 Å². The van der Waals surface area contributed by atoms with E-state index in [0.717, 1.165) is 8.66 Å². The summed E-state index contributed by atoms with van der Waals surface area (Å²) in [5, 5.41) is 14.2. The van der Waals surface area contributed by atoms with Gasteiger partial charge in [-0.05, 0) is 46.3 Å². The molecule has 0 atom stereocenters. The third kappa shape index (κ3) is 2.51. The van der Waals surface area contributed by atoms with E-state index >= 15 is 0 Å². The summed E-state index contributed by atoms with van der Waals surface area (Å²) in [5.74, 6) is 0.761. The fourth-order valence-electron chi connectivity index (χ4n) is 1.55. The summed E-state index contributed by atoms with van der Waals surface area (Å²) in [6.07, 6.45) is 0. The van der Waals surface area contributed by atoms with E-state index in [4.69, 9.17) is 16.1 Å². The van der Waals surface area contributed by atoms with Crippen molar-refractivity contribution in [2.24, 2.45) is 0 Å². The molecule has 0 aliphatic rings. The number of phenols is 1. The van der Waals surface area contributed by atoms with Crippen molar-refractivity contribution in [3.8, 4) is 27.9 Å². The smallest absolute Gasteiger partial charge is 0.262 e. The second kappa shape index (κ2) is 4.96. The number of hydrogen-bond acceptors (Lipinski definition) is 5. The van der Waals surface area contributed by atoms with E-state index in [1.807, 2.05) is 12.1 Å². The van der Waals surface area contributed by atoms with Crippen LogP contribution >= 0.6 is 38.9 Å². The topological polar surface area (TPSA) is 59.2 Å². The Hall–Kier alpha value is -1.37. The summed E-state index contributed by atoms with van der Waals surface area (Å²) in [7, 11) is 0. The van der Waals surface area contributed by atoms with Crippen molar-refractivity contribution in [2.45, 2.75) is 0 Å². The maximum absolute atomic E-state index is 9.78. The molecule has 2 aromatic heterocycles. The molecular formula is C12H6BrClN2O2S. The van der Waals surface area contributed by atoms with E-state index < -0.39 is 0 Å². The Morgan fingerprint density at radius 1 is 1.26 bits per heavy atom. The normalized spacial score (nSPS) is 10.8. The van der Waals surface area contributed by atoms with E-state index in [1.54, 1.807) is 12.1 Å². The highest BCUT2D eigenvalue weighted by Gasteiger charge is 2.15. The predicted molar refractivity (Wildman–Crippen MR) is 77.4 cm³/mol. The monoisotopic (exact) mass is 356 g/mol. The third-order valence-corrected chi connectivity index (χ3v) is 4.26. The first kappa shape index (κ1) is 12.7. The molecule has 3 aromatic rings. The number of nitrogens with zero attached hydrogens (tertiary/aromatic N) is 2. The summed E-state index contributed by atoms with van der Waals surface area (Å²) < 4.78 is 6.15. The Morgan fingerprint density at radius 3 is 2.84 bits per heavy atom. The van der Waals surface area contributed by atoms with Gasteiger partial charge in [-0.25, -0.2) is 0 Å². The molecule has 19 heavy (non-hydrogen) atoms. The summed E-state index contributed by atoms with van der Waals surface area (Å²) in [4.78, 5) is 5.14. The molecule has 0 radical (unpaired) electrons. The zero-order valence-electron chi connectivity index (χ0n) is 9.30. The largest absolute Gasteiger partial charge is 0.507 e. The highest BCUT2D eigenvalue weighted by Crippen LogP contribution is 2.34. The standard InChI is InChI=1S/C12H6BrClN2O2S/c13-10-4-3-9(19-10)11-15-12(18-16-11)7-5-6(14)1-2-8(7)17/h1-5,17H. The molecule has 3 rings (SSSR count). The van der Waals surface area contributed by atoms with Gasteiger partial charge >= 0.3 is 0 Å². The van der Waals surface area contributed by atoms with Crippen LogP contribution in [0.3, 0.4) is 0 Å². The quantitative estimate of drug-likeness (QED) is 0.729. The van der Waals surface area contributed by atoms with Crippen LogP contribution in [0.25, 0.3) is 22.2 Å². The van der Waals surface area contributed by atoms with E-state index in [1.165, 1.54) is 17.4 Å². The summed E-state index contributed by atoms with van der Waals surface area (Å²) in [6.45, 7) is 0. The van der Waals surface area contributed by atoms with Crippen molar-refractivity contribution in [1.29, 1.82) is 0 Å². The number of thiophene rings is 1. The van der Waals surface area contributed by atoms with Gasteiger partial charge in [0.1, 0.15) is 5.75 Å². The molecule has 7 heteroatoms. The first-order chi connectivity index (χ1) is 9.13. The van der Waals surface area contributed by atoms with Crippen LogP contribution in [-0.2, 0) is 0 Å². The number of benzene rings is 1. The van der Waals surface area contributed by atoms with Crippen LogP contribution in [0.1, 0.15) is 0 Å². The van der Waals surface area contributed by atoms with E-state index in [2.05, 4.69) is 26.1 Å². The van der Waals surface area contributed by atoms with Gasteiger partial charge in [-0.2, -0.15) is 4.98 Å². The van der Waals surface area contributed by atoms with E-state index in [9.17, 15) is 5.11 Å². The Bertz CT molecular complexity index is 741. The molecule has 0 bridgehead atoms. The van der Waals surface area contributed by atoms with Gasteiger partial charge in [0.25, 0.3) is 5.89 Å². The molecule has 0 aliphatic carbocycles. The third-order valence-electron chi connectivity index (χ3n) is 2.41. The summed E-state index contributed by atoms with van der Waals surface area (Å²) in [5.41, 5.74) is 0.418. The van der Waals surface area contributed by atoms with Crippen LogP contribution in [0.15, 0.2) is 38.6 Å². The maximum Gasteiger partial charge on any atom is 0.262 e. The van der Waals surface area contributed by atoms with Gasteiger partial charge in [0.2, 0.25) is 5.82 Å². The maximum atomic E-state index is 9.78. The first-order valence-corrected chi connectivity index (χ1v) is 7.20. The zero-order chi connectivity index (χ0) is 13.4. The molecule has 1 aromatic carbocycles. The lowest BCUT2D eigenvalue weighted by molar-refractivity contribution is 0.426. The number of halogens is 2. The average Bonchev–Trinajstić information content (AvgIpc) is 3.00. The molecule has 0 spiro atoms. The molecule has 0 amide bonds. The minimum absolute atomic E-state index is 0.0481. The predicted octanol–water partition coefficient (Wildman–Crippen LogP) is 4.59. The van der Waals surface area contributed by atoms with Gasteiger partial charge in [-0.15, -0.1) is 11.3 Å². The molecule has 0 unspecified atom stereocenters. The van der Waals surface area contributed by atoms with Gasteiger partial charge < -0.3 is 9.63 Å². The minimum atomic E-state index is 0.0481. The van der Waals surface area contributed by atoms with Gasteiger partial charge in [0.15, 0.2) is 0 Å². The summed E-state index contributed by atoms with van der Waals surface area (Å²) >= 11 is 10.8. The van der Waals surface area contributed by atoms with Gasteiger partial charge in [0, 0.05) is 5.02 Å².